The predicted molar refractivity (Wildman–Crippen MR) is 254 cm³/mol. The Labute approximate surface area is 359 Å². The van der Waals surface area contributed by atoms with E-state index in [1.54, 1.807) is 0 Å². The van der Waals surface area contributed by atoms with Gasteiger partial charge in [0.05, 0.1) is 27.8 Å². The molecule has 3 heteroatoms. The van der Waals surface area contributed by atoms with E-state index >= 15 is 0 Å². The van der Waals surface area contributed by atoms with Crippen LogP contribution in [0.5, 0.6) is 0 Å². The van der Waals surface area contributed by atoms with Crippen LogP contribution in [0.3, 0.4) is 0 Å². The van der Waals surface area contributed by atoms with Crippen molar-refractivity contribution in [3.8, 4) is 73.0 Å². The van der Waals surface area contributed by atoms with Crippen molar-refractivity contribution in [3.63, 3.8) is 0 Å². The lowest BCUT2D eigenvalue weighted by Gasteiger charge is -2.30. The number of benzene rings is 9. The van der Waals surface area contributed by atoms with Crippen LogP contribution in [0.1, 0.15) is 22.3 Å². The van der Waals surface area contributed by atoms with E-state index in [-0.39, 0.29) is 0 Å². The van der Waals surface area contributed by atoms with E-state index in [9.17, 15) is 0 Å². The average Bonchev–Trinajstić information content (AvgIpc) is 3.96. The Morgan fingerprint density at radius 2 is 0.823 bits per heavy atom. The average molecular weight is 788 g/mol. The van der Waals surface area contributed by atoms with E-state index in [4.69, 9.17) is 9.97 Å². The van der Waals surface area contributed by atoms with E-state index in [1.165, 1.54) is 66.4 Å². The number of para-hydroxylation sites is 2. The predicted octanol–water partition coefficient (Wildman–Crippen LogP) is 14.6. The summed E-state index contributed by atoms with van der Waals surface area (Å²) in [5.41, 5.74) is 20.8. The summed E-state index contributed by atoms with van der Waals surface area (Å²) in [6, 6.07) is 81.4. The van der Waals surface area contributed by atoms with Crippen LogP contribution in [0.15, 0.2) is 224 Å². The van der Waals surface area contributed by atoms with Crippen LogP contribution in [0.4, 0.5) is 0 Å². The summed E-state index contributed by atoms with van der Waals surface area (Å²) >= 11 is 0. The van der Waals surface area contributed by atoms with Crippen molar-refractivity contribution >= 4 is 21.8 Å². The zero-order valence-corrected chi connectivity index (χ0v) is 33.7. The Balaban J connectivity index is 0.967. The molecule has 2 aromatic heterocycles. The van der Waals surface area contributed by atoms with Gasteiger partial charge in [-0.25, -0.2) is 9.97 Å². The topological polar surface area (TPSA) is 30.7 Å². The minimum atomic E-state index is -0.400. The zero-order valence-electron chi connectivity index (χ0n) is 33.7. The van der Waals surface area contributed by atoms with Gasteiger partial charge in [-0.1, -0.05) is 176 Å². The Morgan fingerprint density at radius 1 is 0.306 bits per heavy atom. The second kappa shape index (κ2) is 13.4. The largest absolute Gasteiger partial charge is 0.309 e. The molecule has 9 aromatic carbocycles. The molecule has 2 aliphatic rings. The molecule has 11 aromatic rings. The summed E-state index contributed by atoms with van der Waals surface area (Å²) in [7, 11) is 0. The van der Waals surface area contributed by atoms with Gasteiger partial charge in [-0.15, -0.1) is 0 Å². The Hall–Kier alpha value is -8.14. The third-order valence-electron chi connectivity index (χ3n) is 13.2. The monoisotopic (exact) mass is 787 g/mol. The fourth-order valence-corrected chi connectivity index (χ4v) is 10.6. The minimum Gasteiger partial charge on any atom is -0.309 e. The smallest absolute Gasteiger partial charge is 0.160 e. The molecule has 0 aliphatic heterocycles. The molecule has 0 bridgehead atoms. The minimum absolute atomic E-state index is 0.400. The van der Waals surface area contributed by atoms with E-state index in [1.807, 2.05) is 0 Å². The number of fused-ring (bicyclic) bond motifs is 13. The molecule has 0 saturated carbocycles. The fraction of sp³-hybridized carbons (Fsp3) is 0.0169. The highest BCUT2D eigenvalue weighted by Crippen LogP contribution is 2.63. The molecule has 62 heavy (non-hydrogen) atoms. The van der Waals surface area contributed by atoms with Crippen molar-refractivity contribution in [2.75, 3.05) is 0 Å². The van der Waals surface area contributed by atoms with E-state index in [0.717, 1.165) is 44.8 Å². The van der Waals surface area contributed by atoms with Gasteiger partial charge in [0.15, 0.2) is 5.82 Å². The number of hydrogen-bond acceptors (Lipinski definition) is 2. The van der Waals surface area contributed by atoms with Gasteiger partial charge in [0.2, 0.25) is 0 Å². The van der Waals surface area contributed by atoms with Gasteiger partial charge in [0.1, 0.15) is 0 Å². The summed E-state index contributed by atoms with van der Waals surface area (Å²) in [5.74, 6) is 0.693. The summed E-state index contributed by atoms with van der Waals surface area (Å²) in [6.45, 7) is 0. The van der Waals surface area contributed by atoms with Crippen LogP contribution >= 0.6 is 0 Å². The molecule has 2 heterocycles. The molecule has 1 spiro atoms. The third-order valence-corrected chi connectivity index (χ3v) is 13.2. The molecule has 0 saturated heterocycles. The van der Waals surface area contributed by atoms with Crippen molar-refractivity contribution in [3.05, 3.63) is 247 Å². The van der Waals surface area contributed by atoms with E-state index in [0.29, 0.717) is 5.82 Å². The normalized spacial score (nSPS) is 13.0. The van der Waals surface area contributed by atoms with Gasteiger partial charge in [0.25, 0.3) is 0 Å². The third kappa shape index (κ3) is 5.00. The van der Waals surface area contributed by atoms with Crippen molar-refractivity contribution in [1.29, 1.82) is 0 Å². The van der Waals surface area contributed by atoms with E-state index in [2.05, 4.69) is 229 Å². The lowest BCUT2D eigenvalue weighted by atomic mass is 9.70. The Morgan fingerprint density at radius 3 is 1.53 bits per heavy atom. The molecule has 0 radical (unpaired) electrons. The SMILES string of the molecule is c1ccc(-c2cc(-c3ccc4c(c3)c3ccccc3n4-c3ccccc3)nc(-c3cccc(-c4ccc5c(c4)C4(c6ccccc6-c6ccccc64)c4ccccc4-5)c3)n2)cc1. The first-order valence-electron chi connectivity index (χ1n) is 21.3. The second-order valence-electron chi connectivity index (χ2n) is 16.5. The molecule has 0 fully saturated rings. The quantitative estimate of drug-likeness (QED) is 0.174. The van der Waals surface area contributed by atoms with Crippen LogP contribution in [-0.4, -0.2) is 14.5 Å². The van der Waals surface area contributed by atoms with Crippen molar-refractivity contribution in [2.24, 2.45) is 0 Å². The molecule has 2 aliphatic carbocycles. The van der Waals surface area contributed by atoms with Crippen LogP contribution < -0.4 is 0 Å². The summed E-state index contributed by atoms with van der Waals surface area (Å²) < 4.78 is 2.35. The maximum atomic E-state index is 5.36. The van der Waals surface area contributed by atoms with Crippen LogP contribution in [0.2, 0.25) is 0 Å². The highest BCUT2D eigenvalue weighted by Gasteiger charge is 2.51. The standard InChI is InChI=1S/C59H37N3/c1-3-16-38(17-4-1)54-37-55(41-31-33-57-49(35-41)48-25-10-14-29-56(48)62(57)43-20-5-2-6-21-43)61-58(60-54)42-19-15-18-39(34-42)40-30-32-47-46-24-9-13-28-52(46)59(53(47)36-40)50-26-11-7-22-44(50)45-23-8-12-27-51(45)59/h1-37H. The van der Waals surface area contributed by atoms with Gasteiger partial charge in [-0.05, 0) is 104 Å². The Kier molecular flexibility index (Phi) is 7.52. The maximum absolute atomic E-state index is 5.36. The number of nitrogens with zero attached hydrogens (tertiary/aromatic N) is 3. The molecule has 3 nitrogen and oxygen atoms in total. The van der Waals surface area contributed by atoms with Gasteiger partial charge < -0.3 is 4.57 Å². The van der Waals surface area contributed by atoms with Crippen LogP contribution in [-0.2, 0) is 5.41 Å². The maximum Gasteiger partial charge on any atom is 0.160 e. The highest BCUT2D eigenvalue weighted by molar-refractivity contribution is 6.10. The van der Waals surface area contributed by atoms with Gasteiger partial charge in [-0.3, -0.25) is 0 Å². The first kappa shape index (κ1) is 34.7. The lowest BCUT2D eigenvalue weighted by molar-refractivity contribution is 0.794. The molecule has 13 rings (SSSR count). The molecule has 0 unspecified atom stereocenters. The molecular weight excluding hydrogens is 751 g/mol. The summed E-state index contributed by atoms with van der Waals surface area (Å²) in [6.07, 6.45) is 0. The molecular formula is C59H37N3. The summed E-state index contributed by atoms with van der Waals surface area (Å²) in [4.78, 5) is 10.6. The van der Waals surface area contributed by atoms with Crippen molar-refractivity contribution in [1.82, 2.24) is 14.5 Å². The van der Waals surface area contributed by atoms with Gasteiger partial charge in [0, 0.05) is 33.2 Å². The first-order valence-corrected chi connectivity index (χ1v) is 21.3. The number of rotatable bonds is 5. The van der Waals surface area contributed by atoms with Gasteiger partial charge >= 0.3 is 0 Å². The van der Waals surface area contributed by atoms with E-state index < -0.39 is 5.41 Å². The van der Waals surface area contributed by atoms with Crippen LogP contribution in [0.25, 0.3) is 94.8 Å². The molecule has 0 N–H and O–H groups in total. The zero-order chi connectivity index (χ0) is 40.8. The second-order valence-corrected chi connectivity index (χ2v) is 16.5. The van der Waals surface area contributed by atoms with Crippen molar-refractivity contribution < 1.29 is 0 Å². The van der Waals surface area contributed by atoms with Crippen LogP contribution in [0, 0.1) is 0 Å². The molecule has 0 atom stereocenters. The number of hydrogen-bond donors (Lipinski definition) is 0. The fourth-order valence-electron chi connectivity index (χ4n) is 10.6. The lowest BCUT2D eigenvalue weighted by Crippen LogP contribution is -2.25. The Bertz CT molecular complexity index is 3520. The number of aromatic nitrogens is 3. The van der Waals surface area contributed by atoms with Gasteiger partial charge in [-0.2, -0.15) is 0 Å². The summed E-state index contributed by atoms with van der Waals surface area (Å²) in [5, 5.41) is 2.40. The van der Waals surface area contributed by atoms with Crippen molar-refractivity contribution in [2.45, 2.75) is 5.41 Å². The first-order chi connectivity index (χ1) is 30.7. The highest BCUT2D eigenvalue weighted by atomic mass is 15.0. The molecule has 288 valence electrons. The molecule has 0 amide bonds.